The Bertz CT molecular complexity index is 449. The fourth-order valence-corrected chi connectivity index (χ4v) is 4.85. The lowest BCUT2D eigenvalue weighted by atomic mass is 9.71. The molecule has 0 saturated heterocycles. The summed E-state index contributed by atoms with van der Waals surface area (Å²) in [6.45, 7) is 13.6. The quantitative estimate of drug-likeness (QED) is 0.283. The lowest BCUT2D eigenvalue weighted by molar-refractivity contribution is 0.0162. The van der Waals surface area contributed by atoms with E-state index in [2.05, 4.69) is 31.4 Å². The van der Waals surface area contributed by atoms with Crippen LogP contribution in [0.3, 0.4) is 0 Å². The molecule has 184 valence electrons. The van der Waals surface area contributed by atoms with Crippen LogP contribution >= 0.6 is 0 Å². The summed E-state index contributed by atoms with van der Waals surface area (Å²) in [7, 11) is 0. The van der Waals surface area contributed by atoms with Gasteiger partial charge in [-0.25, -0.2) is 4.79 Å². The Hall–Kier alpha value is -0.850. The van der Waals surface area contributed by atoms with Gasteiger partial charge in [0.2, 0.25) is 0 Å². The monoisotopic (exact) mass is 442 g/mol. The highest BCUT2D eigenvalue weighted by Crippen LogP contribution is 2.37. The van der Waals surface area contributed by atoms with Crippen LogP contribution in [0.1, 0.15) is 91.9 Å². The van der Waals surface area contributed by atoms with Crippen molar-refractivity contribution in [1.29, 1.82) is 0 Å². The fraction of sp³-hybridized carbons (Fsp3) is 0.960. The molecular formula is C25H50N2O4. The van der Waals surface area contributed by atoms with Crippen LogP contribution in [0.2, 0.25) is 0 Å². The molecule has 1 aliphatic rings. The third-order valence-corrected chi connectivity index (χ3v) is 6.19. The van der Waals surface area contributed by atoms with E-state index in [-0.39, 0.29) is 11.6 Å². The first-order chi connectivity index (χ1) is 15.0. The van der Waals surface area contributed by atoms with E-state index in [0.717, 1.165) is 58.3 Å². The SMILES string of the molecule is CCCC(C)CC1(NC(=O)NCCCCCOCCOCCOCC)CCCC(C)C1. The first-order valence-corrected chi connectivity index (χ1v) is 12.8. The van der Waals surface area contributed by atoms with Gasteiger partial charge in [0, 0.05) is 25.3 Å². The fourth-order valence-electron chi connectivity index (χ4n) is 4.85. The van der Waals surface area contributed by atoms with E-state index in [1.165, 1.54) is 25.7 Å². The van der Waals surface area contributed by atoms with E-state index in [1.54, 1.807) is 0 Å². The molecule has 0 aromatic carbocycles. The number of hydrogen-bond acceptors (Lipinski definition) is 4. The van der Waals surface area contributed by atoms with E-state index in [1.807, 2.05) is 6.92 Å². The Morgan fingerprint density at radius 3 is 2.42 bits per heavy atom. The average molecular weight is 443 g/mol. The summed E-state index contributed by atoms with van der Waals surface area (Å²) in [5.41, 5.74) is -0.0189. The minimum Gasteiger partial charge on any atom is -0.379 e. The van der Waals surface area contributed by atoms with Gasteiger partial charge in [0.05, 0.1) is 26.4 Å². The summed E-state index contributed by atoms with van der Waals surface area (Å²) in [6, 6.07) is 0.0123. The molecule has 1 rings (SSSR count). The smallest absolute Gasteiger partial charge is 0.315 e. The number of nitrogens with one attached hydrogen (secondary N) is 2. The summed E-state index contributed by atoms with van der Waals surface area (Å²) in [6.07, 6.45) is 11.3. The molecule has 1 aliphatic carbocycles. The van der Waals surface area contributed by atoms with Crippen molar-refractivity contribution >= 4 is 6.03 Å². The molecule has 1 saturated carbocycles. The third-order valence-electron chi connectivity index (χ3n) is 6.19. The molecule has 0 spiro atoms. The van der Waals surface area contributed by atoms with E-state index >= 15 is 0 Å². The summed E-state index contributed by atoms with van der Waals surface area (Å²) in [5.74, 6) is 1.35. The number of rotatable bonds is 18. The van der Waals surface area contributed by atoms with Crippen LogP contribution in [0.15, 0.2) is 0 Å². The van der Waals surface area contributed by atoms with Crippen LogP contribution < -0.4 is 10.6 Å². The zero-order valence-electron chi connectivity index (χ0n) is 20.8. The molecule has 2 N–H and O–H groups in total. The van der Waals surface area contributed by atoms with Gasteiger partial charge in [0.1, 0.15) is 0 Å². The normalized spacial score (nSPS) is 22.3. The Morgan fingerprint density at radius 1 is 1.03 bits per heavy atom. The van der Waals surface area contributed by atoms with Crippen LogP contribution in [-0.4, -0.2) is 57.8 Å². The highest BCUT2D eigenvalue weighted by molar-refractivity contribution is 5.74. The molecule has 3 unspecified atom stereocenters. The highest BCUT2D eigenvalue weighted by atomic mass is 16.5. The second-order valence-corrected chi connectivity index (χ2v) is 9.44. The summed E-state index contributed by atoms with van der Waals surface area (Å²) in [4.78, 5) is 12.6. The maximum absolute atomic E-state index is 12.6. The summed E-state index contributed by atoms with van der Waals surface area (Å²) in [5, 5.41) is 6.49. The van der Waals surface area contributed by atoms with E-state index in [0.29, 0.717) is 38.3 Å². The number of carbonyl (C=O) groups excluding carboxylic acids is 1. The zero-order chi connectivity index (χ0) is 22.8. The molecule has 1 fully saturated rings. The number of amides is 2. The molecule has 31 heavy (non-hydrogen) atoms. The maximum Gasteiger partial charge on any atom is 0.315 e. The first kappa shape index (κ1) is 28.2. The Balaban J connectivity index is 2.12. The summed E-state index contributed by atoms with van der Waals surface area (Å²) >= 11 is 0. The summed E-state index contributed by atoms with van der Waals surface area (Å²) < 4.78 is 16.2. The number of ether oxygens (including phenoxy) is 3. The molecule has 0 heterocycles. The first-order valence-electron chi connectivity index (χ1n) is 12.8. The number of urea groups is 1. The molecule has 6 heteroatoms. The molecular weight excluding hydrogens is 392 g/mol. The zero-order valence-corrected chi connectivity index (χ0v) is 20.8. The van der Waals surface area contributed by atoms with Gasteiger partial charge in [0.25, 0.3) is 0 Å². The Labute approximate surface area is 191 Å². The van der Waals surface area contributed by atoms with Crippen molar-refractivity contribution < 1.29 is 19.0 Å². The van der Waals surface area contributed by atoms with Crippen molar-refractivity contribution in [2.24, 2.45) is 11.8 Å². The average Bonchev–Trinajstić information content (AvgIpc) is 2.71. The maximum atomic E-state index is 12.6. The molecule has 0 aliphatic heterocycles. The van der Waals surface area contributed by atoms with Gasteiger partial charge in [0.15, 0.2) is 0 Å². The molecule has 0 aromatic rings. The van der Waals surface area contributed by atoms with Crippen LogP contribution in [0.5, 0.6) is 0 Å². The molecule has 0 bridgehead atoms. The van der Waals surface area contributed by atoms with Crippen LogP contribution in [0.4, 0.5) is 4.79 Å². The van der Waals surface area contributed by atoms with Gasteiger partial charge >= 0.3 is 6.03 Å². The Kier molecular flexibility index (Phi) is 16.1. The number of unbranched alkanes of at least 4 members (excludes halogenated alkanes) is 2. The molecule has 3 atom stereocenters. The van der Waals surface area contributed by atoms with Gasteiger partial charge in [-0.3, -0.25) is 0 Å². The molecule has 0 aromatic heterocycles. The van der Waals surface area contributed by atoms with Crippen LogP contribution in [0.25, 0.3) is 0 Å². The van der Waals surface area contributed by atoms with Gasteiger partial charge in [-0.1, -0.05) is 46.5 Å². The minimum atomic E-state index is -0.0189. The number of hydrogen-bond donors (Lipinski definition) is 2. The van der Waals surface area contributed by atoms with Crippen LogP contribution in [-0.2, 0) is 14.2 Å². The van der Waals surface area contributed by atoms with Gasteiger partial charge < -0.3 is 24.8 Å². The van der Waals surface area contributed by atoms with Crippen molar-refractivity contribution in [3.63, 3.8) is 0 Å². The highest BCUT2D eigenvalue weighted by Gasteiger charge is 2.37. The van der Waals surface area contributed by atoms with Crippen molar-refractivity contribution in [2.75, 3.05) is 46.2 Å². The second kappa shape index (κ2) is 17.7. The van der Waals surface area contributed by atoms with E-state index < -0.39 is 0 Å². The van der Waals surface area contributed by atoms with Crippen molar-refractivity contribution in [3.8, 4) is 0 Å². The lowest BCUT2D eigenvalue weighted by Gasteiger charge is -2.42. The predicted octanol–water partition coefficient (Wildman–Crippen LogP) is 5.30. The standard InChI is InChI=1S/C25H50N2O4/c1-5-11-22(3)20-25(13-10-12-23(4)21-25)27-24(28)26-14-8-7-9-15-30-18-19-31-17-16-29-6-2/h22-23H,5-21H2,1-4H3,(H2,26,27,28). The van der Waals surface area contributed by atoms with Crippen molar-refractivity contribution in [3.05, 3.63) is 0 Å². The van der Waals surface area contributed by atoms with Crippen molar-refractivity contribution in [2.45, 2.75) is 97.4 Å². The largest absolute Gasteiger partial charge is 0.379 e. The minimum absolute atomic E-state index is 0.0123. The molecule has 0 radical (unpaired) electrons. The predicted molar refractivity (Wildman–Crippen MR) is 128 cm³/mol. The third kappa shape index (κ3) is 14.0. The molecule has 2 amide bonds. The van der Waals surface area contributed by atoms with Crippen molar-refractivity contribution in [1.82, 2.24) is 10.6 Å². The topological polar surface area (TPSA) is 68.8 Å². The van der Waals surface area contributed by atoms with Crippen LogP contribution in [0, 0.1) is 11.8 Å². The molecule has 6 nitrogen and oxygen atoms in total. The van der Waals surface area contributed by atoms with Gasteiger partial charge in [-0.05, 0) is 57.3 Å². The van der Waals surface area contributed by atoms with E-state index in [9.17, 15) is 4.79 Å². The van der Waals surface area contributed by atoms with Gasteiger partial charge in [-0.15, -0.1) is 0 Å². The number of carbonyl (C=O) groups is 1. The Morgan fingerprint density at radius 2 is 1.74 bits per heavy atom. The van der Waals surface area contributed by atoms with Gasteiger partial charge in [-0.2, -0.15) is 0 Å². The van der Waals surface area contributed by atoms with E-state index in [4.69, 9.17) is 14.2 Å². The second-order valence-electron chi connectivity index (χ2n) is 9.44. The lowest BCUT2D eigenvalue weighted by Crippen LogP contribution is -2.55.